The van der Waals surface area contributed by atoms with Crippen molar-refractivity contribution in [2.45, 2.75) is 25.2 Å². The van der Waals surface area contributed by atoms with Gasteiger partial charge in [-0.05, 0) is 18.4 Å². The zero-order valence-corrected chi connectivity index (χ0v) is 9.05. The van der Waals surface area contributed by atoms with Gasteiger partial charge in [-0.3, -0.25) is 0 Å². The average molecular weight is 213 g/mol. The lowest BCUT2D eigenvalue weighted by molar-refractivity contribution is -0.150. The average Bonchev–Trinajstić information content (AvgIpc) is 2.76. The number of hydrogen-bond acceptors (Lipinski definition) is 4. The predicted molar refractivity (Wildman–Crippen MR) is 56.3 cm³/mol. The van der Waals surface area contributed by atoms with E-state index in [0.717, 1.165) is 6.42 Å². The summed E-state index contributed by atoms with van der Waals surface area (Å²) >= 11 is 1.73. The van der Waals surface area contributed by atoms with Gasteiger partial charge < -0.3 is 15.2 Å². The van der Waals surface area contributed by atoms with Crippen molar-refractivity contribution in [3.8, 4) is 0 Å². The first kappa shape index (κ1) is 10.1. The van der Waals surface area contributed by atoms with Crippen LogP contribution in [0.1, 0.15) is 11.8 Å². The molecule has 0 radical (unpaired) electrons. The van der Waals surface area contributed by atoms with E-state index in [4.69, 9.17) is 15.2 Å². The van der Waals surface area contributed by atoms with E-state index in [2.05, 4.69) is 11.4 Å². The minimum Gasteiger partial charge on any atom is -0.347 e. The highest BCUT2D eigenvalue weighted by molar-refractivity contribution is 7.09. The summed E-state index contributed by atoms with van der Waals surface area (Å²) in [6.45, 7) is 3.11. The molecule has 1 aliphatic heterocycles. The Morgan fingerprint density at radius 1 is 1.71 bits per heavy atom. The first-order valence-electron chi connectivity index (χ1n) is 4.76. The van der Waals surface area contributed by atoms with Gasteiger partial charge in [-0.15, -0.1) is 11.3 Å². The summed E-state index contributed by atoms with van der Waals surface area (Å²) < 4.78 is 11.4. The van der Waals surface area contributed by atoms with Crippen LogP contribution >= 0.6 is 11.3 Å². The highest BCUT2D eigenvalue weighted by Gasteiger charge is 2.36. The van der Waals surface area contributed by atoms with Crippen LogP contribution in [0.2, 0.25) is 0 Å². The second-order valence-electron chi connectivity index (χ2n) is 3.68. The molecule has 78 valence electrons. The van der Waals surface area contributed by atoms with E-state index in [0.29, 0.717) is 13.2 Å². The molecule has 0 aromatic carbocycles. The standard InChI is InChI=1S/C10H15NO2S/c1-10(5-9-3-2-4-14-9)12-7-8(6-11)13-10/h2-4,8H,5-7,11H2,1H3. The molecule has 2 unspecified atom stereocenters. The van der Waals surface area contributed by atoms with Gasteiger partial charge in [-0.1, -0.05) is 6.07 Å². The fraction of sp³-hybridized carbons (Fsp3) is 0.600. The molecule has 4 heteroatoms. The predicted octanol–water partition coefficient (Wildman–Crippen LogP) is 1.38. The molecule has 1 aromatic heterocycles. The Kier molecular flexibility index (Phi) is 2.88. The largest absolute Gasteiger partial charge is 0.347 e. The van der Waals surface area contributed by atoms with Gasteiger partial charge in [0.15, 0.2) is 5.79 Å². The number of nitrogens with two attached hydrogens (primary N) is 1. The molecule has 2 heterocycles. The van der Waals surface area contributed by atoms with E-state index in [1.165, 1.54) is 4.88 Å². The van der Waals surface area contributed by atoms with Crippen LogP contribution in [0.15, 0.2) is 17.5 Å². The summed E-state index contributed by atoms with van der Waals surface area (Å²) in [5.41, 5.74) is 5.53. The van der Waals surface area contributed by atoms with Gasteiger partial charge in [0.1, 0.15) is 0 Å². The Bertz CT molecular complexity index is 288. The van der Waals surface area contributed by atoms with Crippen LogP contribution < -0.4 is 5.73 Å². The van der Waals surface area contributed by atoms with Crippen molar-refractivity contribution < 1.29 is 9.47 Å². The van der Waals surface area contributed by atoms with Crippen LogP contribution in [-0.2, 0) is 15.9 Å². The van der Waals surface area contributed by atoms with Gasteiger partial charge in [-0.25, -0.2) is 0 Å². The number of hydrogen-bond donors (Lipinski definition) is 1. The number of rotatable bonds is 3. The molecule has 0 aliphatic carbocycles. The van der Waals surface area contributed by atoms with Gasteiger partial charge in [-0.2, -0.15) is 0 Å². The fourth-order valence-corrected chi connectivity index (χ4v) is 2.46. The minimum atomic E-state index is -0.477. The number of ether oxygens (including phenoxy) is 2. The molecule has 0 amide bonds. The van der Waals surface area contributed by atoms with Crippen LogP contribution in [-0.4, -0.2) is 25.0 Å². The smallest absolute Gasteiger partial charge is 0.170 e. The van der Waals surface area contributed by atoms with Crippen LogP contribution in [0.5, 0.6) is 0 Å². The van der Waals surface area contributed by atoms with Gasteiger partial charge in [0.25, 0.3) is 0 Å². The molecule has 1 fully saturated rings. The van der Waals surface area contributed by atoms with Gasteiger partial charge in [0.2, 0.25) is 0 Å². The second-order valence-corrected chi connectivity index (χ2v) is 4.71. The summed E-state index contributed by atoms with van der Waals surface area (Å²) in [6.07, 6.45) is 0.862. The van der Waals surface area contributed by atoms with E-state index in [1.54, 1.807) is 11.3 Å². The molecule has 2 N–H and O–H groups in total. The topological polar surface area (TPSA) is 44.5 Å². The molecular formula is C10H15NO2S. The van der Waals surface area contributed by atoms with Crippen LogP contribution in [0.3, 0.4) is 0 Å². The Balaban J connectivity index is 1.97. The summed E-state index contributed by atoms with van der Waals surface area (Å²) in [6, 6.07) is 4.14. The molecule has 0 saturated carbocycles. The Morgan fingerprint density at radius 3 is 3.14 bits per heavy atom. The van der Waals surface area contributed by atoms with Crippen LogP contribution in [0, 0.1) is 0 Å². The molecular weight excluding hydrogens is 198 g/mol. The van der Waals surface area contributed by atoms with Crippen molar-refractivity contribution in [3.05, 3.63) is 22.4 Å². The summed E-state index contributed by atoms with van der Waals surface area (Å²) in [4.78, 5) is 1.28. The second kappa shape index (κ2) is 3.98. The van der Waals surface area contributed by atoms with E-state index < -0.39 is 5.79 Å². The molecule has 14 heavy (non-hydrogen) atoms. The van der Waals surface area contributed by atoms with Gasteiger partial charge >= 0.3 is 0 Å². The Hall–Kier alpha value is -0.420. The van der Waals surface area contributed by atoms with Gasteiger partial charge in [0.05, 0.1) is 12.7 Å². The summed E-state index contributed by atoms with van der Waals surface area (Å²) in [5.74, 6) is -0.477. The molecule has 1 aromatic rings. The SMILES string of the molecule is CC1(Cc2cccs2)OCC(CN)O1. The highest BCUT2D eigenvalue weighted by Crippen LogP contribution is 2.28. The lowest BCUT2D eigenvalue weighted by Gasteiger charge is -2.22. The van der Waals surface area contributed by atoms with E-state index in [-0.39, 0.29) is 6.10 Å². The molecule has 2 atom stereocenters. The zero-order valence-electron chi connectivity index (χ0n) is 8.23. The summed E-state index contributed by atoms with van der Waals surface area (Å²) in [5, 5.41) is 2.06. The molecule has 0 spiro atoms. The maximum absolute atomic E-state index is 5.73. The molecule has 0 bridgehead atoms. The van der Waals surface area contributed by atoms with E-state index >= 15 is 0 Å². The van der Waals surface area contributed by atoms with Crippen molar-refractivity contribution in [1.29, 1.82) is 0 Å². The lowest BCUT2D eigenvalue weighted by Crippen LogP contribution is -2.31. The van der Waals surface area contributed by atoms with Crippen LogP contribution in [0.4, 0.5) is 0 Å². The van der Waals surface area contributed by atoms with E-state index in [9.17, 15) is 0 Å². The zero-order chi connectivity index (χ0) is 10.0. The normalized spacial score (nSPS) is 32.3. The first-order valence-corrected chi connectivity index (χ1v) is 5.64. The van der Waals surface area contributed by atoms with Crippen molar-refractivity contribution >= 4 is 11.3 Å². The fourth-order valence-electron chi connectivity index (χ4n) is 1.63. The maximum atomic E-state index is 5.73. The molecule has 2 rings (SSSR count). The molecule has 3 nitrogen and oxygen atoms in total. The molecule has 1 aliphatic rings. The molecule has 1 saturated heterocycles. The highest BCUT2D eigenvalue weighted by atomic mass is 32.1. The Morgan fingerprint density at radius 2 is 2.57 bits per heavy atom. The van der Waals surface area contributed by atoms with Crippen molar-refractivity contribution in [3.63, 3.8) is 0 Å². The van der Waals surface area contributed by atoms with Crippen LogP contribution in [0.25, 0.3) is 0 Å². The van der Waals surface area contributed by atoms with Crippen molar-refractivity contribution in [2.75, 3.05) is 13.2 Å². The van der Waals surface area contributed by atoms with Crippen molar-refractivity contribution in [2.24, 2.45) is 5.73 Å². The maximum Gasteiger partial charge on any atom is 0.170 e. The monoisotopic (exact) mass is 213 g/mol. The van der Waals surface area contributed by atoms with E-state index in [1.807, 2.05) is 13.0 Å². The first-order chi connectivity index (χ1) is 6.72. The third-order valence-electron chi connectivity index (χ3n) is 2.33. The third kappa shape index (κ3) is 2.15. The number of thiophene rings is 1. The summed E-state index contributed by atoms with van der Waals surface area (Å²) in [7, 11) is 0. The Labute approximate surface area is 87.8 Å². The lowest BCUT2D eigenvalue weighted by atomic mass is 10.2. The van der Waals surface area contributed by atoms with Crippen molar-refractivity contribution in [1.82, 2.24) is 0 Å². The van der Waals surface area contributed by atoms with Gasteiger partial charge in [0, 0.05) is 17.8 Å². The minimum absolute atomic E-state index is 0.0555. The quantitative estimate of drug-likeness (QED) is 0.825. The third-order valence-corrected chi connectivity index (χ3v) is 3.21.